The van der Waals surface area contributed by atoms with Crippen molar-refractivity contribution in [2.75, 3.05) is 11.5 Å². The molecule has 0 atom stereocenters. The third kappa shape index (κ3) is 2.71. The maximum absolute atomic E-state index is 13.7. The number of benzene rings is 2. The van der Waals surface area contributed by atoms with E-state index in [-0.39, 0.29) is 17.7 Å². The van der Waals surface area contributed by atoms with Gasteiger partial charge in [0.1, 0.15) is 5.82 Å². The van der Waals surface area contributed by atoms with E-state index >= 15 is 0 Å². The van der Waals surface area contributed by atoms with Crippen LogP contribution in [0.2, 0.25) is 0 Å². The number of azo groups is 1. The average molecular weight is 406 g/mol. The number of nitrogens with zero attached hydrogens (tertiary/aromatic N) is 3. The summed E-state index contributed by atoms with van der Waals surface area (Å²) in [7, 11) is 0. The molecule has 0 saturated carbocycles. The second kappa shape index (κ2) is 6.22. The number of aromatic hydroxyl groups is 1. The molecule has 0 aliphatic carbocycles. The molecule has 0 bridgehead atoms. The topological polar surface area (TPSA) is 49.9 Å². The van der Waals surface area contributed by atoms with Gasteiger partial charge in [0.2, 0.25) is 5.88 Å². The normalized spacial score (nSPS) is 15.2. The second-order valence-electron chi connectivity index (χ2n) is 5.57. The van der Waals surface area contributed by atoms with Crippen molar-refractivity contribution in [1.82, 2.24) is 4.57 Å². The summed E-state index contributed by atoms with van der Waals surface area (Å²) in [4.78, 5) is 0. The summed E-state index contributed by atoms with van der Waals surface area (Å²) in [5.41, 5.74) is 1.75. The van der Waals surface area contributed by atoms with Gasteiger partial charge in [-0.05, 0) is 42.5 Å². The van der Waals surface area contributed by atoms with Crippen LogP contribution in [0.3, 0.4) is 0 Å². The van der Waals surface area contributed by atoms with Crippen LogP contribution in [-0.4, -0.2) is 21.2 Å². The van der Waals surface area contributed by atoms with Gasteiger partial charge in [-0.15, -0.1) is 5.11 Å². The Hall–Kier alpha value is -1.86. The van der Waals surface area contributed by atoms with E-state index in [1.54, 1.807) is 6.07 Å². The molecule has 1 aromatic heterocycles. The van der Waals surface area contributed by atoms with E-state index in [9.17, 15) is 9.50 Å². The first-order chi connectivity index (χ1) is 11.6. The van der Waals surface area contributed by atoms with Gasteiger partial charge in [-0.1, -0.05) is 15.9 Å². The van der Waals surface area contributed by atoms with Gasteiger partial charge in [-0.25, -0.2) is 4.39 Å². The van der Waals surface area contributed by atoms with E-state index < -0.39 is 0 Å². The monoisotopic (exact) mass is 405 g/mol. The van der Waals surface area contributed by atoms with Crippen LogP contribution in [-0.2, 0) is 0 Å². The predicted molar refractivity (Wildman–Crippen MR) is 98.2 cm³/mol. The highest BCUT2D eigenvalue weighted by Crippen LogP contribution is 2.45. The van der Waals surface area contributed by atoms with Crippen molar-refractivity contribution in [2.45, 2.75) is 6.04 Å². The third-order valence-corrected chi connectivity index (χ3v) is 5.76. The maximum Gasteiger partial charge on any atom is 0.221 e. The summed E-state index contributed by atoms with van der Waals surface area (Å²) >= 11 is 5.18. The number of fused-ring (bicyclic) bond motifs is 1. The van der Waals surface area contributed by atoms with Crippen LogP contribution < -0.4 is 0 Å². The average Bonchev–Trinajstić information content (AvgIpc) is 2.78. The number of hydrogen-bond acceptors (Lipinski definition) is 4. The van der Waals surface area contributed by atoms with E-state index in [1.807, 2.05) is 40.6 Å². The highest BCUT2D eigenvalue weighted by molar-refractivity contribution is 9.10. The first-order valence-corrected chi connectivity index (χ1v) is 9.36. The van der Waals surface area contributed by atoms with E-state index in [2.05, 4.69) is 26.2 Å². The second-order valence-corrected chi connectivity index (χ2v) is 7.56. The van der Waals surface area contributed by atoms with Crippen molar-refractivity contribution in [3.63, 3.8) is 0 Å². The number of rotatable bonds is 3. The van der Waals surface area contributed by atoms with Crippen LogP contribution in [0.15, 0.2) is 57.2 Å². The van der Waals surface area contributed by atoms with Gasteiger partial charge in [0.15, 0.2) is 5.69 Å². The Morgan fingerprint density at radius 2 is 1.88 bits per heavy atom. The molecular formula is C17H13BrFN3OS. The Morgan fingerprint density at radius 1 is 1.12 bits per heavy atom. The Balaban J connectivity index is 1.83. The molecule has 1 aliphatic heterocycles. The molecule has 2 heterocycles. The SMILES string of the molecule is Oc1c(N=Nc2ccc(Br)cc2)c2cc(F)ccc2n1C1CSC1. The molecule has 122 valence electrons. The van der Waals surface area contributed by atoms with Crippen LogP contribution in [0, 0.1) is 5.82 Å². The highest BCUT2D eigenvalue weighted by Gasteiger charge is 2.27. The van der Waals surface area contributed by atoms with Crippen LogP contribution >= 0.6 is 27.7 Å². The molecule has 0 unspecified atom stereocenters. The van der Waals surface area contributed by atoms with E-state index in [0.29, 0.717) is 16.8 Å². The minimum atomic E-state index is -0.359. The lowest BCUT2D eigenvalue weighted by Crippen LogP contribution is -2.22. The number of thioether (sulfide) groups is 1. The molecule has 24 heavy (non-hydrogen) atoms. The molecule has 0 spiro atoms. The zero-order valence-corrected chi connectivity index (χ0v) is 14.9. The lowest BCUT2D eigenvalue weighted by atomic mass is 10.2. The fourth-order valence-corrected chi connectivity index (χ4v) is 3.72. The summed E-state index contributed by atoms with van der Waals surface area (Å²) in [6.45, 7) is 0. The Labute approximate surface area is 150 Å². The van der Waals surface area contributed by atoms with Gasteiger partial charge >= 0.3 is 0 Å². The molecule has 7 heteroatoms. The minimum Gasteiger partial charge on any atom is -0.493 e. The summed E-state index contributed by atoms with van der Waals surface area (Å²) < 4.78 is 16.5. The maximum atomic E-state index is 13.7. The van der Waals surface area contributed by atoms with Crippen molar-refractivity contribution in [3.05, 3.63) is 52.8 Å². The molecule has 4 nitrogen and oxygen atoms in total. The van der Waals surface area contributed by atoms with Gasteiger partial charge in [0, 0.05) is 21.4 Å². The van der Waals surface area contributed by atoms with Crippen LogP contribution in [0.1, 0.15) is 6.04 Å². The summed E-state index contributed by atoms with van der Waals surface area (Å²) in [6.07, 6.45) is 0. The molecular weight excluding hydrogens is 393 g/mol. The molecule has 0 radical (unpaired) electrons. The first-order valence-electron chi connectivity index (χ1n) is 7.41. The summed E-state index contributed by atoms with van der Waals surface area (Å²) in [5, 5.41) is 19.6. The van der Waals surface area contributed by atoms with E-state index in [1.165, 1.54) is 12.1 Å². The third-order valence-electron chi connectivity index (χ3n) is 3.99. The summed E-state index contributed by atoms with van der Waals surface area (Å²) in [5.74, 6) is 1.54. The smallest absolute Gasteiger partial charge is 0.221 e. The van der Waals surface area contributed by atoms with Crippen molar-refractivity contribution in [2.24, 2.45) is 10.2 Å². The van der Waals surface area contributed by atoms with Crippen molar-refractivity contribution < 1.29 is 9.50 Å². The molecule has 4 rings (SSSR count). The molecule has 1 fully saturated rings. The molecule has 0 amide bonds. The minimum absolute atomic E-state index is 0.0433. The fraction of sp³-hybridized carbons (Fsp3) is 0.176. The Bertz CT molecular complexity index is 935. The van der Waals surface area contributed by atoms with Crippen LogP contribution in [0.4, 0.5) is 15.8 Å². The van der Waals surface area contributed by atoms with Gasteiger partial charge in [-0.2, -0.15) is 16.9 Å². The molecule has 1 aliphatic rings. The lowest BCUT2D eigenvalue weighted by molar-refractivity contribution is 0.406. The van der Waals surface area contributed by atoms with Gasteiger partial charge in [0.25, 0.3) is 0 Å². The van der Waals surface area contributed by atoms with E-state index in [4.69, 9.17) is 0 Å². The number of hydrogen-bond donors (Lipinski definition) is 1. The molecule has 1 N–H and O–H groups in total. The standard InChI is InChI=1S/C17H13BrFN3OS/c18-10-1-4-12(5-2-10)20-21-16-14-7-11(19)3-6-15(14)22(17(16)23)13-8-24-9-13/h1-7,13,23H,8-9H2. The zero-order valence-electron chi connectivity index (χ0n) is 12.5. The Morgan fingerprint density at radius 3 is 2.54 bits per heavy atom. The van der Waals surface area contributed by atoms with E-state index in [0.717, 1.165) is 21.5 Å². The van der Waals surface area contributed by atoms with Gasteiger partial charge in [0.05, 0.1) is 17.2 Å². The zero-order chi connectivity index (χ0) is 16.7. The van der Waals surface area contributed by atoms with Crippen LogP contribution in [0.5, 0.6) is 5.88 Å². The first kappa shape index (κ1) is 15.7. The number of aromatic nitrogens is 1. The quantitative estimate of drug-likeness (QED) is 0.547. The van der Waals surface area contributed by atoms with Gasteiger partial charge in [-0.3, -0.25) is 0 Å². The van der Waals surface area contributed by atoms with Crippen LogP contribution in [0.25, 0.3) is 10.9 Å². The summed E-state index contributed by atoms with van der Waals surface area (Å²) in [6, 6.07) is 12.0. The predicted octanol–water partition coefficient (Wildman–Crippen LogP) is 5.95. The van der Waals surface area contributed by atoms with Crippen molar-refractivity contribution in [1.29, 1.82) is 0 Å². The molecule has 3 aromatic rings. The molecule has 1 saturated heterocycles. The highest BCUT2D eigenvalue weighted by atomic mass is 79.9. The largest absolute Gasteiger partial charge is 0.493 e. The fourth-order valence-electron chi connectivity index (χ4n) is 2.71. The Kier molecular flexibility index (Phi) is 4.05. The van der Waals surface area contributed by atoms with Crippen molar-refractivity contribution >= 4 is 50.0 Å². The number of halogens is 2. The lowest BCUT2D eigenvalue weighted by Gasteiger charge is -2.27. The van der Waals surface area contributed by atoms with Crippen molar-refractivity contribution in [3.8, 4) is 5.88 Å². The van der Waals surface area contributed by atoms with Gasteiger partial charge < -0.3 is 9.67 Å². The molecule has 2 aromatic carbocycles.